The van der Waals surface area contributed by atoms with Crippen molar-refractivity contribution in [1.29, 1.82) is 0 Å². The molecule has 0 nitrogen and oxygen atoms in total. The topological polar surface area (TPSA) is 0 Å². The molecule has 0 N–H and O–H groups in total. The van der Waals surface area contributed by atoms with Gasteiger partial charge in [0.05, 0.1) is 0 Å². The fraction of sp³-hybridized carbons (Fsp3) is 0.750. The number of alkyl halides is 1. The van der Waals surface area contributed by atoms with Crippen molar-refractivity contribution in [3.8, 4) is 0 Å². The lowest BCUT2D eigenvalue weighted by molar-refractivity contribution is 0.655. The van der Waals surface area contributed by atoms with Crippen molar-refractivity contribution in [2.45, 2.75) is 32.1 Å². The van der Waals surface area contributed by atoms with Crippen LogP contribution < -0.4 is 0 Å². The van der Waals surface area contributed by atoms with E-state index in [1.165, 1.54) is 36.5 Å². The summed E-state index contributed by atoms with van der Waals surface area (Å²) in [6.07, 6.45) is 9.34. The molecule has 0 spiro atoms. The van der Waals surface area contributed by atoms with Gasteiger partial charge in [-0.15, -0.1) is 0 Å². The van der Waals surface area contributed by atoms with Crippen LogP contribution in [0.1, 0.15) is 32.1 Å². The third kappa shape index (κ3) is 2.70. The van der Waals surface area contributed by atoms with E-state index in [1.807, 2.05) is 0 Å². The molecule has 1 heteroatoms. The van der Waals surface area contributed by atoms with Gasteiger partial charge in [-0.25, -0.2) is 0 Å². The molecule has 0 aromatic rings. The average Bonchev–Trinajstić information content (AvgIpc) is 1.76. The second-order valence-corrected chi connectivity index (χ2v) is 3.63. The first-order valence-electron chi connectivity index (χ1n) is 3.67. The molecule has 1 rings (SSSR count). The lowest BCUT2D eigenvalue weighted by Gasteiger charge is -2.15. The smallest absolute Gasteiger partial charge is 0.000178 e. The van der Waals surface area contributed by atoms with Gasteiger partial charge in [0.25, 0.3) is 0 Å². The summed E-state index contributed by atoms with van der Waals surface area (Å²) < 4.78 is 1.31. The summed E-state index contributed by atoms with van der Waals surface area (Å²) in [6.45, 7) is 0. The van der Waals surface area contributed by atoms with Crippen molar-refractivity contribution in [2.24, 2.45) is 0 Å². The highest BCUT2D eigenvalue weighted by molar-refractivity contribution is 14.1. The lowest BCUT2D eigenvalue weighted by atomic mass is 9.91. The Hall–Kier alpha value is 0.470. The molecule has 0 amide bonds. The molecule has 0 aromatic heterocycles. The molecule has 0 saturated heterocycles. The Morgan fingerprint density at radius 3 is 2.67 bits per heavy atom. The van der Waals surface area contributed by atoms with Gasteiger partial charge in [0.1, 0.15) is 0 Å². The Morgan fingerprint density at radius 1 is 1.44 bits per heavy atom. The van der Waals surface area contributed by atoms with Crippen molar-refractivity contribution in [1.82, 2.24) is 0 Å². The summed E-state index contributed by atoms with van der Waals surface area (Å²) in [5.41, 5.74) is 1.71. The van der Waals surface area contributed by atoms with Crippen LogP contribution in [0.3, 0.4) is 0 Å². The van der Waals surface area contributed by atoms with Gasteiger partial charge < -0.3 is 0 Å². The Bertz CT molecular complexity index is 99.1. The maximum Gasteiger partial charge on any atom is -0.000178 e. The summed E-state index contributed by atoms with van der Waals surface area (Å²) in [5, 5.41) is 0. The molecule has 1 fully saturated rings. The van der Waals surface area contributed by atoms with Crippen LogP contribution in [-0.2, 0) is 0 Å². The predicted molar refractivity (Wildman–Crippen MR) is 50.1 cm³/mol. The third-order valence-electron chi connectivity index (χ3n) is 1.77. The van der Waals surface area contributed by atoms with Gasteiger partial charge in [0, 0.05) is 0 Å². The van der Waals surface area contributed by atoms with Crippen LogP contribution in [0.4, 0.5) is 0 Å². The molecule has 1 aliphatic rings. The number of hydrogen-bond donors (Lipinski definition) is 0. The molecule has 0 aliphatic heterocycles. The van der Waals surface area contributed by atoms with Crippen LogP contribution in [0.5, 0.6) is 0 Å². The van der Waals surface area contributed by atoms with Gasteiger partial charge in [0.2, 0.25) is 0 Å². The molecular formula is C8H13I. The van der Waals surface area contributed by atoms with E-state index >= 15 is 0 Å². The zero-order valence-electron chi connectivity index (χ0n) is 5.70. The zero-order valence-corrected chi connectivity index (χ0v) is 7.86. The van der Waals surface area contributed by atoms with E-state index in [-0.39, 0.29) is 0 Å². The minimum atomic E-state index is 1.31. The normalized spacial score (nSPS) is 17.2. The Labute approximate surface area is 70.9 Å². The number of halogens is 1. The number of rotatable bonds is 3. The zero-order chi connectivity index (χ0) is 6.53. The quantitative estimate of drug-likeness (QED) is 0.305. The van der Waals surface area contributed by atoms with Crippen LogP contribution in [0.25, 0.3) is 0 Å². The van der Waals surface area contributed by atoms with Crippen molar-refractivity contribution in [3.63, 3.8) is 0 Å². The molecule has 1 saturated carbocycles. The molecule has 0 radical (unpaired) electrons. The SMILES string of the molecule is ICCCC=C1CCC1. The second-order valence-electron chi connectivity index (χ2n) is 2.55. The van der Waals surface area contributed by atoms with E-state index in [9.17, 15) is 0 Å². The van der Waals surface area contributed by atoms with E-state index < -0.39 is 0 Å². The van der Waals surface area contributed by atoms with E-state index in [0.29, 0.717) is 0 Å². The maximum absolute atomic E-state index is 2.44. The average molecular weight is 236 g/mol. The number of allylic oxidation sites excluding steroid dienone is 2. The summed E-state index contributed by atoms with van der Waals surface area (Å²) >= 11 is 2.44. The first kappa shape index (κ1) is 7.58. The molecule has 0 unspecified atom stereocenters. The fourth-order valence-corrected chi connectivity index (χ4v) is 1.41. The third-order valence-corrected chi connectivity index (χ3v) is 2.53. The summed E-state index contributed by atoms with van der Waals surface area (Å²) in [7, 11) is 0. The monoisotopic (exact) mass is 236 g/mol. The molecule has 52 valence electrons. The second kappa shape index (κ2) is 4.31. The van der Waals surface area contributed by atoms with Crippen molar-refractivity contribution in [3.05, 3.63) is 11.6 Å². The minimum Gasteiger partial charge on any atom is -0.0864 e. The molecule has 0 aromatic carbocycles. The van der Waals surface area contributed by atoms with E-state index in [2.05, 4.69) is 28.7 Å². The van der Waals surface area contributed by atoms with Crippen molar-refractivity contribution < 1.29 is 0 Å². The summed E-state index contributed by atoms with van der Waals surface area (Å²) in [4.78, 5) is 0. The van der Waals surface area contributed by atoms with Gasteiger partial charge >= 0.3 is 0 Å². The highest BCUT2D eigenvalue weighted by Crippen LogP contribution is 2.25. The molecule has 0 atom stereocenters. The Morgan fingerprint density at radius 2 is 2.22 bits per heavy atom. The van der Waals surface area contributed by atoms with Crippen LogP contribution in [0.2, 0.25) is 0 Å². The Balaban J connectivity index is 2.01. The van der Waals surface area contributed by atoms with Gasteiger partial charge in [-0.1, -0.05) is 34.2 Å². The van der Waals surface area contributed by atoms with E-state index in [0.717, 1.165) is 0 Å². The maximum atomic E-state index is 2.44. The van der Waals surface area contributed by atoms with Crippen molar-refractivity contribution >= 4 is 22.6 Å². The standard InChI is InChI=1S/C8H13I/c9-7-2-1-4-8-5-3-6-8/h4H,1-3,5-7H2. The molecule has 0 heterocycles. The summed E-state index contributed by atoms with van der Waals surface area (Å²) in [6, 6.07) is 0. The highest BCUT2D eigenvalue weighted by Gasteiger charge is 2.05. The molecular weight excluding hydrogens is 223 g/mol. The number of unbranched alkanes of at least 4 members (excludes halogenated alkanes) is 1. The minimum absolute atomic E-state index is 1.31. The van der Waals surface area contributed by atoms with Crippen LogP contribution in [0.15, 0.2) is 11.6 Å². The largest absolute Gasteiger partial charge is 0.0864 e. The van der Waals surface area contributed by atoms with Crippen molar-refractivity contribution in [2.75, 3.05) is 4.43 Å². The van der Waals surface area contributed by atoms with Crippen LogP contribution in [0, 0.1) is 0 Å². The lowest BCUT2D eigenvalue weighted by Crippen LogP contribution is -1.95. The van der Waals surface area contributed by atoms with Gasteiger partial charge in [0.15, 0.2) is 0 Å². The first-order chi connectivity index (χ1) is 4.43. The highest BCUT2D eigenvalue weighted by atomic mass is 127. The van der Waals surface area contributed by atoms with Gasteiger partial charge in [-0.3, -0.25) is 0 Å². The van der Waals surface area contributed by atoms with E-state index in [4.69, 9.17) is 0 Å². The molecule has 0 bridgehead atoms. The van der Waals surface area contributed by atoms with Gasteiger partial charge in [-0.2, -0.15) is 0 Å². The van der Waals surface area contributed by atoms with Crippen LogP contribution in [-0.4, -0.2) is 4.43 Å². The Kier molecular flexibility index (Phi) is 3.63. The number of hydrogen-bond acceptors (Lipinski definition) is 0. The van der Waals surface area contributed by atoms with E-state index in [1.54, 1.807) is 5.57 Å². The molecule has 1 aliphatic carbocycles. The van der Waals surface area contributed by atoms with Crippen LogP contribution >= 0.6 is 22.6 Å². The first-order valence-corrected chi connectivity index (χ1v) is 5.20. The summed E-state index contributed by atoms with van der Waals surface area (Å²) in [5.74, 6) is 0. The van der Waals surface area contributed by atoms with Gasteiger partial charge in [-0.05, 0) is 36.5 Å². The predicted octanol–water partition coefficient (Wildman–Crippen LogP) is 3.31. The fourth-order valence-electron chi connectivity index (χ4n) is 0.968. The molecule has 9 heavy (non-hydrogen) atoms.